The van der Waals surface area contributed by atoms with Gasteiger partial charge in [0, 0.05) is 6.04 Å². The molecule has 0 aromatic rings. The standard InChI is InChI=1S/C11H23N3O/c1-9(13-8-11(12)14-15)10-6-4-2-3-5-7-10/h9-10,13,15H,2-8H2,1H3,(H2,12,14)/t9-/m0/s1. The minimum atomic E-state index is 0.260. The van der Waals surface area contributed by atoms with E-state index in [0.717, 1.165) is 5.92 Å². The lowest BCUT2D eigenvalue weighted by Gasteiger charge is -2.23. The molecule has 4 N–H and O–H groups in total. The molecule has 0 aliphatic heterocycles. The molecule has 0 amide bonds. The summed E-state index contributed by atoms with van der Waals surface area (Å²) in [5.41, 5.74) is 5.42. The lowest BCUT2D eigenvalue weighted by atomic mass is 9.93. The second-order valence-corrected chi connectivity index (χ2v) is 4.51. The van der Waals surface area contributed by atoms with Crippen LogP contribution in [0.25, 0.3) is 0 Å². The van der Waals surface area contributed by atoms with Gasteiger partial charge in [-0.05, 0) is 25.7 Å². The second kappa shape index (κ2) is 6.67. The van der Waals surface area contributed by atoms with Gasteiger partial charge in [0.25, 0.3) is 0 Å². The van der Waals surface area contributed by atoms with Gasteiger partial charge in [0.1, 0.15) is 0 Å². The smallest absolute Gasteiger partial charge is 0.153 e. The Balaban J connectivity index is 2.28. The van der Waals surface area contributed by atoms with Crippen LogP contribution in [0.1, 0.15) is 45.4 Å². The molecule has 88 valence electrons. The fraction of sp³-hybridized carbons (Fsp3) is 0.909. The highest BCUT2D eigenvalue weighted by atomic mass is 16.4. The third-order valence-electron chi connectivity index (χ3n) is 3.34. The summed E-state index contributed by atoms with van der Waals surface area (Å²) in [4.78, 5) is 0. The van der Waals surface area contributed by atoms with Crippen molar-refractivity contribution in [1.29, 1.82) is 0 Å². The van der Waals surface area contributed by atoms with Gasteiger partial charge >= 0.3 is 0 Å². The van der Waals surface area contributed by atoms with Crippen LogP contribution in [0.2, 0.25) is 0 Å². The first-order chi connectivity index (χ1) is 7.24. The van der Waals surface area contributed by atoms with E-state index < -0.39 is 0 Å². The number of hydrogen-bond acceptors (Lipinski definition) is 3. The molecule has 1 aliphatic rings. The molecule has 4 heteroatoms. The van der Waals surface area contributed by atoms with Gasteiger partial charge in [0.2, 0.25) is 0 Å². The second-order valence-electron chi connectivity index (χ2n) is 4.51. The Kier molecular flexibility index (Phi) is 5.47. The summed E-state index contributed by atoms with van der Waals surface area (Å²) in [6, 6.07) is 0.461. The summed E-state index contributed by atoms with van der Waals surface area (Å²) in [6.45, 7) is 2.68. The summed E-state index contributed by atoms with van der Waals surface area (Å²) < 4.78 is 0. The monoisotopic (exact) mass is 213 g/mol. The van der Waals surface area contributed by atoms with Gasteiger partial charge in [-0.2, -0.15) is 0 Å². The van der Waals surface area contributed by atoms with Crippen LogP contribution in [0.4, 0.5) is 0 Å². The van der Waals surface area contributed by atoms with Crippen molar-refractivity contribution in [3.05, 3.63) is 0 Å². The first kappa shape index (κ1) is 12.3. The van der Waals surface area contributed by atoms with Crippen LogP contribution in [0.15, 0.2) is 5.16 Å². The maximum Gasteiger partial charge on any atom is 0.153 e. The van der Waals surface area contributed by atoms with Crippen molar-refractivity contribution in [2.24, 2.45) is 16.8 Å². The number of oxime groups is 1. The third kappa shape index (κ3) is 4.51. The topological polar surface area (TPSA) is 70.6 Å². The molecule has 1 saturated carbocycles. The molecular weight excluding hydrogens is 190 g/mol. The number of nitrogens with zero attached hydrogens (tertiary/aromatic N) is 1. The molecule has 1 atom stereocenters. The normalized spacial score (nSPS) is 22.3. The molecule has 0 heterocycles. The molecule has 15 heavy (non-hydrogen) atoms. The summed E-state index contributed by atoms with van der Waals surface area (Å²) >= 11 is 0. The largest absolute Gasteiger partial charge is 0.409 e. The van der Waals surface area contributed by atoms with Crippen LogP contribution < -0.4 is 11.1 Å². The first-order valence-electron chi connectivity index (χ1n) is 5.94. The molecule has 1 fully saturated rings. The van der Waals surface area contributed by atoms with Crippen molar-refractivity contribution < 1.29 is 5.21 Å². The highest BCUT2D eigenvalue weighted by Gasteiger charge is 2.18. The first-order valence-corrected chi connectivity index (χ1v) is 5.94. The van der Waals surface area contributed by atoms with Crippen molar-refractivity contribution in [2.75, 3.05) is 6.54 Å². The number of nitrogens with one attached hydrogen (secondary N) is 1. The Bertz CT molecular complexity index is 198. The quantitative estimate of drug-likeness (QED) is 0.219. The van der Waals surface area contributed by atoms with Gasteiger partial charge in [0.05, 0.1) is 6.54 Å². The van der Waals surface area contributed by atoms with Crippen LogP contribution in [0.5, 0.6) is 0 Å². The summed E-state index contributed by atoms with van der Waals surface area (Å²) in [6.07, 6.45) is 8.07. The minimum Gasteiger partial charge on any atom is -0.409 e. The van der Waals surface area contributed by atoms with Crippen LogP contribution in [-0.2, 0) is 0 Å². The zero-order chi connectivity index (χ0) is 11.1. The molecule has 0 saturated heterocycles. The average molecular weight is 213 g/mol. The Hall–Kier alpha value is -0.770. The van der Waals surface area contributed by atoms with Gasteiger partial charge in [-0.25, -0.2) is 0 Å². The number of nitrogens with two attached hydrogens (primary N) is 1. The molecule has 0 bridgehead atoms. The predicted molar refractivity (Wildman–Crippen MR) is 62.1 cm³/mol. The van der Waals surface area contributed by atoms with E-state index in [9.17, 15) is 0 Å². The van der Waals surface area contributed by atoms with E-state index in [1.165, 1.54) is 38.5 Å². The molecule has 1 rings (SSSR count). The van der Waals surface area contributed by atoms with Crippen molar-refractivity contribution in [1.82, 2.24) is 5.32 Å². The minimum absolute atomic E-state index is 0.260. The van der Waals surface area contributed by atoms with Crippen molar-refractivity contribution >= 4 is 5.84 Å². The summed E-state index contributed by atoms with van der Waals surface area (Å²) in [7, 11) is 0. The Morgan fingerprint density at radius 1 is 1.40 bits per heavy atom. The Morgan fingerprint density at radius 2 is 2.00 bits per heavy atom. The van der Waals surface area contributed by atoms with Crippen LogP contribution in [0, 0.1) is 5.92 Å². The highest BCUT2D eigenvalue weighted by molar-refractivity contribution is 5.81. The molecule has 0 aromatic heterocycles. The van der Waals surface area contributed by atoms with Gasteiger partial charge in [0.15, 0.2) is 5.84 Å². The molecule has 0 unspecified atom stereocenters. The van der Waals surface area contributed by atoms with Crippen molar-refractivity contribution in [3.8, 4) is 0 Å². The number of amidine groups is 1. The lowest BCUT2D eigenvalue weighted by Crippen LogP contribution is -2.39. The van der Waals surface area contributed by atoms with E-state index in [1.807, 2.05) is 0 Å². The van der Waals surface area contributed by atoms with E-state index in [1.54, 1.807) is 0 Å². The van der Waals surface area contributed by atoms with Crippen LogP contribution in [-0.4, -0.2) is 23.6 Å². The number of rotatable bonds is 4. The highest BCUT2D eigenvalue weighted by Crippen LogP contribution is 2.25. The lowest BCUT2D eigenvalue weighted by molar-refractivity contribution is 0.313. The molecule has 0 aromatic carbocycles. The summed E-state index contributed by atoms with van der Waals surface area (Å²) in [5.74, 6) is 1.01. The zero-order valence-corrected chi connectivity index (χ0v) is 9.58. The van der Waals surface area contributed by atoms with E-state index in [2.05, 4.69) is 17.4 Å². The van der Waals surface area contributed by atoms with E-state index in [4.69, 9.17) is 10.9 Å². The van der Waals surface area contributed by atoms with E-state index in [0.29, 0.717) is 12.6 Å². The van der Waals surface area contributed by atoms with E-state index >= 15 is 0 Å². The van der Waals surface area contributed by atoms with Crippen molar-refractivity contribution in [2.45, 2.75) is 51.5 Å². The van der Waals surface area contributed by atoms with E-state index in [-0.39, 0.29) is 5.84 Å². The molecular formula is C11H23N3O. The molecule has 0 spiro atoms. The van der Waals surface area contributed by atoms with Gasteiger partial charge in [-0.15, -0.1) is 0 Å². The fourth-order valence-electron chi connectivity index (χ4n) is 2.28. The van der Waals surface area contributed by atoms with Gasteiger partial charge in [-0.1, -0.05) is 30.8 Å². The molecule has 1 aliphatic carbocycles. The maximum atomic E-state index is 8.43. The maximum absolute atomic E-state index is 8.43. The zero-order valence-electron chi connectivity index (χ0n) is 9.58. The molecule has 0 radical (unpaired) electrons. The fourth-order valence-corrected chi connectivity index (χ4v) is 2.28. The van der Waals surface area contributed by atoms with Gasteiger partial charge in [-0.3, -0.25) is 0 Å². The summed E-state index contributed by atoms with van der Waals surface area (Å²) in [5, 5.41) is 14.7. The average Bonchev–Trinajstić information content (AvgIpc) is 2.53. The Morgan fingerprint density at radius 3 is 2.53 bits per heavy atom. The molecule has 4 nitrogen and oxygen atoms in total. The van der Waals surface area contributed by atoms with Crippen LogP contribution in [0.3, 0.4) is 0 Å². The van der Waals surface area contributed by atoms with Crippen molar-refractivity contribution in [3.63, 3.8) is 0 Å². The van der Waals surface area contributed by atoms with Gasteiger partial charge < -0.3 is 16.3 Å². The Labute approximate surface area is 91.9 Å². The third-order valence-corrected chi connectivity index (χ3v) is 3.34. The predicted octanol–water partition coefficient (Wildman–Crippen LogP) is 1.68. The SMILES string of the molecule is C[C@H](NCC(N)=NO)C1CCCCCC1. The number of hydrogen-bond donors (Lipinski definition) is 3. The van der Waals surface area contributed by atoms with Crippen LogP contribution >= 0.6 is 0 Å².